The predicted molar refractivity (Wildman–Crippen MR) is 89.1 cm³/mol. The van der Waals surface area contributed by atoms with E-state index < -0.39 is 0 Å². The van der Waals surface area contributed by atoms with Crippen molar-refractivity contribution in [2.75, 3.05) is 18.5 Å². The van der Waals surface area contributed by atoms with Crippen molar-refractivity contribution in [3.05, 3.63) is 57.0 Å². The zero-order valence-electron chi connectivity index (χ0n) is 11.5. The fourth-order valence-electron chi connectivity index (χ4n) is 1.98. The molecule has 0 saturated heterocycles. The Labute approximate surface area is 133 Å². The number of hydrogen-bond acceptors (Lipinski definition) is 2. The van der Waals surface area contributed by atoms with Gasteiger partial charge in [0.2, 0.25) is 0 Å². The van der Waals surface area contributed by atoms with E-state index in [-0.39, 0.29) is 0 Å². The molecule has 2 nitrogen and oxygen atoms in total. The average molecular weight is 355 g/mol. The second-order valence-electron chi connectivity index (χ2n) is 4.62. The van der Waals surface area contributed by atoms with E-state index >= 15 is 0 Å². The second-order valence-corrected chi connectivity index (χ2v) is 5.95. The van der Waals surface area contributed by atoms with Crippen LogP contribution in [0.15, 0.2) is 40.9 Å². The zero-order chi connectivity index (χ0) is 14.5. The minimum atomic E-state index is 0.566. The van der Waals surface area contributed by atoms with Gasteiger partial charge in [-0.2, -0.15) is 0 Å². The minimum absolute atomic E-state index is 0.566. The van der Waals surface area contributed by atoms with Crippen molar-refractivity contribution in [1.82, 2.24) is 0 Å². The Hall–Kier alpha value is -1.19. The molecule has 0 heterocycles. The molecule has 0 unspecified atom stereocenters. The molecule has 2 rings (SSSR count). The lowest BCUT2D eigenvalue weighted by Crippen LogP contribution is -2.12. The van der Waals surface area contributed by atoms with E-state index in [0.29, 0.717) is 11.6 Å². The van der Waals surface area contributed by atoms with Crippen molar-refractivity contribution in [3.8, 4) is 5.75 Å². The van der Waals surface area contributed by atoms with Crippen LogP contribution in [0.1, 0.15) is 11.1 Å². The molecular weight excluding hydrogens is 338 g/mol. The maximum absolute atomic E-state index is 6.18. The fourth-order valence-corrected chi connectivity index (χ4v) is 3.01. The molecule has 0 spiro atoms. The van der Waals surface area contributed by atoms with Gasteiger partial charge in [0.15, 0.2) is 0 Å². The smallest absolute Gasteiger partial charge is 0.140 e. The van der Waals surface area contributed by atoms with Gasteiger partial charge in [-0.05, 0) is 43.2 Å². The SMILES string of the molecule is Cc1ccccc1NCCOc1c(C)cc(Br)cc1Cl. The van der Waals surface area contributed by atoms with Gasteiger partial charge >= 0.3 is 0 Å². The molecule has 0 radical (unpaired) electrons. The lowest BCUT2D eigenvalue weighted by atomic mass is 10.2. The molecule has 0 aliphatic rings. The largest absolute Gasteiger partial charge is 0.490 e. The lowest BCUT2D eigenvalue weighted by Gasteiger charge is -2.13. The molecule has 0 aliphatic heterocycles. The molecule has 20 heavy (non-hydrogen) atoms. The molecule has 0 bridgehead atoms. The van der Waals surface area contributed by atoms with Gasteiger partial charge in [-0.25, -0.2) is 0 Å². The van der Waals surface area contributed by atoms with Crippen molar-refractivity contribution in [1.29, 1.82) is 0 Å². The van der Waals surface area contributed by atoms with Crippen molar-refractivity contribution in [2.45, 2.75) is 13.8 Å². The monoisotopic (exact) mass is 353 g/mol. The Balaban J connectivity index is 1.90. The zero-order valence-corrected chi connectivity index (χ0v) is 13.9. The first kappa shape index (κ1) is 15.2. The van der Waals surface area contributed by atoms with Crippen molar-refractivity contribution in [2.24, 2.45) is 0 Å². The number of nitrogens with one attached hydrogen (secondary N) is 1. The maximum atomic E-state index is 6.18. The van der Waals surface area contributed by atoms with Crippen LogP contribution in [0.25, 0.3) is 0 Å². The molecule has 106 valence electrons. The van der Waals surface area contributed by atoms with Crippen LogP contribution in [-0.4, -0.2) is 13.2 Å². The van der Waals surface area contributed by atoms with E-state index in [9.17, 15) is 0 Å². The van der Waals surface area contributed by atoms with Gasteiger partial charge in [0.05, 0.1) is 5.02 Å². The van der Waals surface area contributed by atoms with E-state index in [1.165, 1.54) is 5.56 Å². The lowest BCUT2D eigenvalue weighted by molar-refractivity contribution is 0.331. The normalized spacial score (nSPS) is 10.4. The third kappa shape index (κ3) is 3.90. The van der Waals surface area contributed by atoms with Crippen LogP contribution in [-0.2, 0) is 0 Å². The summed E-state index contributed by atoms with van der Waals surface area (Å²) in [5.41, 5.74) is 3.39. The fraction of sp³-hybridized carbons (Fsp3) is 0.250. The van der Waals surface area contributed by atoms with Crippen LogP contribution in [0.3, 0.4) is 0 Å². The van der Waals surface area contributed by atoms with Crippen LogP contribution in [0, 0.1) is 13.8 Å². The highest BCUT2D eigenvalue weighted by Crippen LogP contribution is 2.31. The topological polar surface area (TPSA) is 21.3 Å². The molecule has 0 aliphatic carbocycles. The summed E-state index contributed by atoms with van der Waals surface area (Å²) in [5.74, 6) is 0.751. The summed E-state index contributed by atoms with van der Waals surface area (Å²) in [5, 5.41) is 3.99. The first-order valence-electron chi connectivity index (χ1n) is 6.46. The highest BCUT2D eigenvalue weighted by molar-refractivity contribution is 9.10. The quantitative estimate of drug-likeness (QED) is 0.744. The average Bonchev–Trinajstić information content (AvgIpc) is 2.38. The van der Waals surface area contributed by atoms with E-state index in [0.717, 1.165) is 28.0 Å². The first-order valence-corrected chi connectivity index (χ1v) is 7.63. The second kappa shape index (κ2) is 7.00. The summed E-state index contributed by atoms with van der Waals surface area (Å²) in [6.07, 6.45) is 0. The van der Waals surface area contributed by atoms with Crippen LogP contribution in [0.5, 0.6) is 5.75 Å². The van der Waals surface area contributed by atoms with Crippen molar-refractivity contribution in [3.63, 3.8) is 0 Å². The molecule has 0 amide bonds. The summed E-state index contributed by atoms with van der Waals surface area (Å²) in [6.45, 7) is 5.37. The Morgan fingerprint density at radius 2 is 1.90 bits per heavy atom. The van der Waals surface area contributed by atoms with Gasteiger partial charge in [0.25, 0.3) is 0 Å². The molecule has 4 heteroatoms. The van der Waals surface area contributed by atoms with Gasteiger partial charge in [0, 0.05) is 16.7 Å². The van der Waals surface area contributed by atoms with Gasteiger partial charge in [-0.1, -0.05) is 45.7 Å². The highest BCUT2D eigenvalue weighted by atomic mass is 79.9. The third-order valence-electron chi connectivity index (χ3n) is 3.00. The summed E-state index contributed by atoms with van der Waals surface area (Å²) < 4.78 is 6.73. The Bertz CT molecular complexity index is 578. The van der Waals surface area contributed by atoms with Crippen LogP contribution in [0.4, 0.5) is 5.69 Å². The van der Waals surface area contributed by atoms with Crippen LogP contribution >= 0.6 is 27.5 Å². The van der Waals surface area contributed by atoms with Gasteiger partial charge < -0.3 is 10.1 Å². The van der Waals surface area contributed by atoms with E-state index in [1.54, 1.807) is 0 Å². The van der Waals surface area contributed by atoms with Gasteiger partial charge in [0.1, 0.15) is 12.4 Å². The minimum Gasteiger partial charge on any atom is -0.490 e. The molecule has 2 aromatic carbocycles. The van der Waals surface area contributed by atoms with E-state index in [2.05, 4.69) is 40.3 Å². The van der Waals surface area contributed by atoms with Gasteiger partial charge in [-0.3, -0.25) is 0 Å². The number of benzene rings is 2. The first-order chi connectivity index (χ1) is 9.58. The van der Waals surface area contributed by atoms with Crippen LogP contribution < -0.4 is 10.1 Å². The van der Waals surface area contributed by atoms with Crippen molar-refractivity contribution < 1.29 is 4.74 Å². The van der Waals surface area contributed by atoms with Gasteiger partial charge in [-0.15, -0.1) is 0 Å². The number of rotatable bonds is 5. The summed E-state index contributed by atoms with van der Waals surface area (Å²) in [7, 11) is 0. The molecular formula is C16H17BrClNO. The summed E-state index contributed by atoms with van der Waals surface area (Å²) in [4.78, 5) is 0. The van der Waals surface area contributed by atoms with E-state index in [4.69, 9.17) is 16.3 Å². The predicted octanol–water partition coefficient (Wildman–Crippen LogP) is 5.21. The number of aryl methyl sites for hydroxylation is 2. The molecule has 0 fully saturated rings. The number of para-hydroxylation sites is 1. The van der Waals surface area contributed by atoms with E-state index in [1.807, 2.05) is 31.2 Å². The Morgan fingerprint density at radius 3 is 2.60 bits per heavy atom. The molecule has 0 saturated carbocycles. The molecule has 1 N–H and O–H groups in total. The third-order valence-corrected chi connectivity index (χ3v) is 3.74. The van der Waals surface area contributed by atoms with Crippen LogP contribution in [0.2, 0.25) is 5.02 Å². The highest BCUT2D eigenvalue weighted by Gasteiger charge is 2.07. The number of anilines is 1. The molecule has 2 aromatic rings. The summed E-state index contributed by atoms with van der Waals surface area (Å²) in [6, 6.07) is 12.0. The number of halogens is 2. The standard InChI is InChI=1S/C16H17BrClNO/c1-11-5-3-4-6-15(11)19-7-8-20-16-12(2)9-13(17)10-14(16)18/h3-6,9-10,19H,7-8H2,1-2H3. The number of ether oxygens (including phenoxy) is 1. The van der Waals surface area contributed by atoms with Crippen molar-refractivity contribution >= 4 is 33.2 Å². The number of hydrogen-bond donors (Lipinski definition) is 1. The summed E-state index contributed by atoms with van der Waals surface area (Å²) >= 11 is 9.60. The Kier molecular flexibility index (Phi) is 5.32. The molecule has 0 atom stereocenters. The Morgan fingerprint density at radius 1 is 1.15 bits per heavy atom. The maximum Gasteiger partial charge on any atom is 0.140 e. The molecule has 0 aromatic heterocycles.